The zero-order chi connectivity index (χ0) is 13.4. The predicted molar refractivity (Wildman–Crippen MR) is 72.5 cm³/mol. The van der Waals surface area contributed by atoms with Gasteiger partial charge in [0, 0.05) is 18.0 Å². The molecule has 0 heterocycles. The minimum atomic E-state index is -0.265. The van der Waals surface area contributed by atoms with Gasteiger partial charge in [0.1, 0.15) is 0 Å². The number of rotatable bonds is 6. The summed E-state index contributed by atoms with van der Waals surface area (Å²) in [5.41, 5.74) is 6.61. The maximum absolute atomic E-state index is 11.7. The van der Waals surface area contributed by atoms with Crippen molar-refractivity contribution in [3.63, 3.8) is 0 Å². The van der Waals surface area contributed by atoms with Gasteiger partial charge in [-0.1, -0.05) is 12.1 Å². The smallest absolute Gasteiger partial charge is 0.315 e. The molecular formula is C12H16N2O3S. The maximum Gasteiger partial charge on any atom is 0.315 e. The van der Waals surface area contributed by atoms with E-state index in [4.69, 9.17) is 5.73 Å². The molecule has 98 valence electrons. The Morgan fingerprint density at radius 1 is 1.39 bits per heavy atom. The second-order valence-corrected chi connectivity index (χ2v) is 4.58. The zero-order valence-corrected chi connectivity index (χ0v) is 11.0. The van der Waals surface area contributed by atoms with E-state index in [9.17, 15) is 9.59 Å². The van der Waals surface area contributed by atoms with E-state index in [0.29, 0.717) is 29.3 Å². The molecule has 0 aliphatic carbocycles. The van der Waals surface area contributed by atoms with Crippen LogP contribution in [-0.2, 0) is 9.53 Å². The molecule has 0 unspecified atom stereocenters. The summed E-state index contributed by atoms with van der Waals surface area (Å²) in [5.74, 6) is 0.471. The molecule has 0 radical (unpaired) electrons. The Bertz CT molecular complexity index is 424. The van der Waals surface area contributed by atoms with Crippen LogP contribution in [0.4, 0.5) is 5.69 Å². The van der Waals surface area contributed by atoms with Gasteiger partial charge in [-0.2, -0.15) is 0 Å². The molecule has 0 bridgehead atoms. The molecule has 0 spiro atoms. The molecule has 5 nitrogen and oxygen atoms in total. The lowest BCUT2D eigenvalue weighted by Crippen LogP contribution is -2.26. The third kappa shape index (κ3) is 4.67. The van der Waals surface area contributed by atoms with Crippen molar-refractivity contribution in [2.75, 3.05) is 30.9 Å². The summed E-state index contributed by atoms with van der Waals surface area (Å²) in [4.78, 5) is 22.6. The number of nitrogens with one attached hydrogen (secondary N) is 1. The number of benzene rings is 1. The number of amides is 1. The minimum Gasteiger partial charge on any atom is -0.468 e. The van der Waals surface area contributed by atoms with Crippen LogP contribution in [0.3, 0.4) is 0 Å². The summed E-state index contributed by atoms with van der Waals surface area (Å²) in [6, 6.07) is 6.89. The van der Waals surface area contributed by atoms with Gasteiger partial charge in [-0.15, -0.1) is 11.8 Å². The molecule has 0 atom stereocenters. The lowest BCUT2D eigenvalue weighted by Gasteiger charge is -2.06. The molecule has 1 amide bonds. The Morgan fingerprint density at radius 3 is 2.78 bits per heavy atom. The number of carbonyl (C=O) groups is 2. The summed E-state index contributed by atoms with van der Waals surface area (Å²) < 4.78 is 4.50. The highest BCUT2D eigenvalue weighted by atomic mass is 32.2. The Labute approximate surface area is 110 Å². The molecule has 0 aliphatic rings. The molecular weight excluding hydrogens is 252 g/mol. The summed E-state index contributed by atoms with van der Waals surface area (Å²) in [5, 5.41) is 2.74. The molecule has 0 saturated carbocycles. The van der Waals surface area contributed by atoms with Crippen molar-refractivity contribution < 1.29 is 14.3 Å². The van der Waals surface area contributed by atoms with Crippen molar-refractivity contribution in [3.05, 3.63) is 29.8 Å². The van der Waals surface area contributed by atoms with Crippen LogP contribution < -0.4 is 11.1 Å². The van der Waals surface area contributed by atoms with E-state index >= 15 is 0 Å². The fourth-order valence-corrected chi connectivity index (χ4v) is 1.93. The molecule has 18 heavy (non-hydrogen) atoms. The van der Waals surface area contributed by atoms with Crippen LogP contribution in [-0.4, -0.2) is 37.0 Å². The van der Waals surface area contributed by atoms with Crippen molar-refractivity contribution in [3.8, 4) is 0 Å². The second-order valence-electron chi connectivity index (χ2n) is 3.47. The van der Waals surface area contributed by atoms with Gasteiger partial charge in [0.25, 0.3) is 5.91 Å². The number of hydrogen-bond donors (Lipinski definition) is 2. The van der Waals surface area contributed by atoms with E-state index in [1.54, 1.807) is 24.3 Å². The average Bonchev–Trinajstić information content (AvgIpc) is 2.38. The standard InChI is InChI=1S/C12H16N2O3S/c1-17-11(15)8-18-7-6-14-12(16)9-4-2-3-5-10(9)13/h2-5H,6-8,13H2,1H3,(H,14,16). The summed E-state index contributed by atoms with van der Waals surface area (Å²) in [7, 11) is 1.35. The van der Waals surface area contributed by atoms with E-state index < -0.39 is 0 Å². The average molecular weight is 268 g/mol. The Kier molecular flexibility index (Phi) is 6.07. The van der Waals surface area contributed by atoms with Crippen LogP contribution in [0, 0.1) is 0 Å². The third-order valence-electron chi connectivity index (χ3n) is 2.18. The van der Waals surface area contributed by atoms with Crippen molar-refractivity contribution in [2.24, 2.45) is 0 Å². The lowest BCUT2D eigenvalue weighted by atomic mass is 10.2. The molecule has 0 aromatic heterocycles. The highest BCUT2D eigenvalue weighted by molar-refractivity contribution is 7.99. The maximum atomic E-state index is 11.7. The first-order valence-electron chi connectivity index (χ1n) is 5.42. The van der Waals surface area contributed by atoms with Crippen molar-refractivity contribution in [2.45, 2.75) is 0 Å². The quantitative estimate of drug-likeness (QED) is 0.455. The molecule has 0 aliphatic heterocycles. The van der Waals surface area contributed by atoms with Gasteiger partial charge >= 0.3 is 5.97 Å². The Morgan fingerprint density at radius 2 is 2.11 bits per heavy atom. The first kappa shape index (κ1) is 14.4. The highest BCUT2D eigenvalue weighted by Crippen LogP contribution is 2.09. The largest absolute Gasteiger partial charge is 0.468 e. The molecule has 6 heteroatoms. The first-order chi connectivity index (χ1) is 8.65. The number of nitrogen functional groups attached to an aromatic ring is 1. The summed E-state index contributed by atoms with van der Waals surface area (Å²) in [6.45, 7) is 0.481. The number of esters is 1. The molecule has 1 aromatic carbocycles. The van der Waals surface area contributed by atoms with Crippen LogP contribution >= 0.6 is 11.8 Å². The van der Waals surface area contributed by atoms with E-state index in [2.05, 4.69) is 10.1 Å². The van der Waals surface area contributed by atoms with Gasteiger partial charge in [0.15, 0.2) is 0 Å². The van der Waals surface area contributed by atoms with Gasteiger partial charge in [0.2, 0.25) is 0 Å². The van der Waals surface area contributed by atoms with E-state index in [-0.39, 0.29) is 11.9 Å². The Balaban J connectivity index is 2.26. The first-order valence-corrected chi connectivity index (χ1v) is 6.58. The minimum absolute atomic E-state index is 0.202. The van der Waals surface area contributed by atoms with E-state index in [0.717, 1.165) is 0 Å². The van der Waals surface area contributed by atoms with E-state index in [1.807, 2.05) is 0 Å². The molecule has 0 saturated heterocycles. The number of ether oxygens (including phenoxy) is 1. The zero-order valence-electron chi connectivity index (χ0n) is 10.1. The van der Waals surface area contributed by atoms with Gasteiger partial charge in [-0.25, -0.2) is 0 Å². The van der Waals surface area contributed by atoms with Gasteiger partial charge in [-0.3, -0.25) is 9.59 Å². The second kappa shape index (κ2) is 7.60. The fraction of sp³-hybridized carbons (Fsp3) is 0.333. The fourth-order valence-electron chi connectivity index (χ4n) is 1.25. The van der Waals surface area contributed by atoms with Crippen LogP contribution in [0.5, 0.6) is 0 Å². The molecule has 3 N–H and O–H groups in total. The highest BCUT2D eigenvalue weighted by Gasteiger charge is 2.07. The monoisotopic (exact) mass is 268 g/mol. The number of thioether (sulfide) groups is 1. The summed E-state index contributed by atoms with van der Waals surface area (Å²) >= 11 is 1.41. The van der Waals surface area contributed by atoms with Gasteiger partial charge < -0.3 is 15.8 Å². The van der Waals surface area contributed by atoms with Crippen LogP contribution in [0.1, 0.15) is 10.4 Å². The number of para-hydroxylation sites is 1. The predicted octanol–water partition coefficient (Wildman–Crippen LogP) is 0.905. The van der Waals surface area contributed by atoms with Crippen LogP contribution in [0.25, 0.3) is 0 Å². The number of hydrogen-bond acceptors (Lipinski definition) is 5. The number of anilines is 1. The number of carbonyl (C=O) groups excluding carboxylic acids is 2. The van der Waals surface area contributed by atoms with Gasteiger partial charge in [0.05, 0.1) is 18.4 Å². The van der Waals surface area contributed by atoms with Crippen molar-refractivity contribution >= 4 is 29.3 Å². The number of methoxy groups -OCH3 is 1. The van der Waals surface area contributed by atoms with Crippen molar-refractivity contribution in [1.29, 1.82) is 0 Å². The lowest BCUT2D eigenvalue weighted by molar-refractivity contribution is -0.137. The molecule has 1 rings (SSSR count). The van der Waals surface area contributed by atoms with Crippen LogP contribution in [0.2, 0.25) is 0 Å². The normalized spacial score (nSPS) is 9.83. The van der Waals surface area contributed by atoms with E-state index in [1.165, 1.54) is 18.9 Å². The molecule has 1 aromatic rings. The Hall–Kier alpha value is -1.69. The third-order valence-corrected chi connectivity index (χ3v) is 3.12. The van der Waals surface area contributed by atoms with Gasteiger partial charge in [-0.05, 0) is 12.1 Å². The SMILES string of the molecule is COC(=O)CSCCNC(=O)c1ccccc1N. The summed E-state index contributed by atoms with van der Waals surface area (Å²) in [6.07, 6.45) is 0. The number of nitrogens with two attached hydrogens (primary N) is 1. The van der Waals surface area contributed by atoms with Crippen LogP contribution in [0.15, 0.2) is 24.3 Å². The van der Waals surface area contributed by atoms with Crippen molar-refractivity contribution in [1.82, 2.24) is 5.32 Å². The molecule has 0 fully saturated rings. The topological polar surface area (TPSA) is 81.4 Å².